The first kappa shape index (κ1) is 8.08. The van der Waals surface area contributed by atoms with Crippen LogP contribution < -0.4 is 9.05 Å². The molecule has 1 aromatic carbocycles. The molecule has 0 fully saturated rings. The maximum absolute atomic E-state index is 9.19. The van der Waals surface area contributed by atoms with E-state index in [4.69, 9.17) is 11.2 Å². The summed E-state index contributed by atoms with van der Waals surface area (Å²) in [4.78, 5) is 18.4. The van der Waals surface area contributed by atoms with E-state index in [1.807, 2.05) is 0 Å². The summed E-state index contributed by atoms with van der Waals surface area (Å²) in [6.07, 6.45) is 0. The van der Waals surface area contributed by atoms with Crippen LogP contribution >= 0.6 is 18.1 Å². The molecule has 0 radical (unpaired) electrons. The van der Waals surface area contributed by atoms with Gasteiger partial charge in [-0.15, -0.1) is 0 Å². The molecule has 1 aliphatic rings. The van der Waals surface area contributed by atoms with Crippen LogP contribution in [0.5, 0.6) is 11.5 Å². The second kappa shape index (κ2) is 2.03. The molecule has 0 aromatic heterocycles. The average Bonchev–Trinajstić information content (AvgIpc) is 2.16. The van der Waals surface area contributed by atoms with Gasteiger partial charge < -0.3 is 0 Å². The summed E-state index contributed by atoms with van der Waals surface area (Å²) in [7, 11) is 0. The molecule has 6 heteroatoms. The Morgan fingerprint density at radius 2 is 1.50 bits per heavy atom. The van der Waals surface area contributed by atoms with E-state index in [0.717, 1.165) is 0 Å². The standard InChI is InChI=1S/C6H6ClO4P/c7-12(8,9)10-5-3-1-2-4-6(5)11-12/h1-4,8-9H. The molecule has 1 aromatic rings. The summed E-state index contributed by atoms with van der Waals surface area (Å²) in [5, 5.41) is 0. The van der Waals surface area contributed by atoms with Crippen molar-refractivity contribution in [1.82, 2.24) is 0 Å². The van der Waals surface area contributed by atoms with Crippen molar-refractivity contribution in [3.8, 4) is 11.5 Å². The number of hydrogen-bond acceptors (Lipinski definition) is 4. The third-order valence-corrected chi connectivity index (χ3v) is 2.77. The Hall–Kier alpha value is -0.540. The number of fused-ring (bicyclic) bond motifs is 1. The maximum atomic E-state index is 9.19. The molecule has 0 saturated heterocycles. The molecule has 2 N–H and O–H groups in total. The van der Waals surface area contributed by atoms with Gasteiger partial charge in [-0.25, -0.2) is 0 Å². The Bertz CT molecular complexity index is 303. The number of benzene rings is 1. The molecule has 0 amide bonds. The van der Waals surface area contributed by atoms with E-state index in [2.05, 4.69) is 9.05 Å². The number of hydrogen-bond donors (Lipinski definition) is 2. The van der Waals surface area contributed by atoms with Crippen LogP contribution in [-0.2, 0) is 0 Å². The number of rotatable bonds is 0. The molecular formula is C6H6ClO4P. The van der Waals surface area contributed by atoms with Crippen molar-refractivity contribution in [2.75, 3.05) is 0 Å². The fourth-order valence-electron chi connectivity index (χ4n) is 0.950. The van der Waals surface area contributed by atoms with Crippen molar-refractivity contribution in [3.63, 3.8) is 0 Å². The van der Waals surface area contributed by atoms with E-state index < -0.39 is 6.86 Å². The summed E-state index contributed by atoms with van der Waals surface area (Å²) < 4.78 is 9.33. The Labute approximate surface area is 73.4 Å². The van der Waals surface area contributed by atoms with Crippen molar-refractivity contribution in [2.45, 2.75) is 0 Å². The van der Waals surface area contributed by atoms with Crippen LogP contribution in [0.2, 0.25) is 0 Å². The van der Waals surface area contributed by atoms with Crippen molar-refractivity contribution >= 4 is 18.1 Å². The second-order valence-corrected chi connectivity index (χ2v) is 6.07. The molecule has 0 spiro atoms. The Balaban J connectivity index is 2.47. The second-order valence-electron chi connectivity index (χ2n) is 2.41. The van der Waals surface area contributed by atoms with Crippen molar-refractivity contribution < 1.29 is 18.8 Å². The summed E-state index contributed by atoms with van der Waals surface area (Å²) >= 11 is 5.29. The van der Waals surface area contributed by atoms with E-state index in [0.29, 0.717) is 0 Å². The van der Waals surface area contributed by atoms with Gasteiger partial charge >= 0.3 is 72.7 Å². The van der Waals surface area contributed by atoms with E-state index in [1.54, 1.807) is 24.3 Å². The van der Waals surface area contributed by atoms with E-state index in [9.17, 15) is 9.79 Å². The molecule has 4 nitrogen and oxygen atoms in total. The number of para-hydroxylation sites is 2. The number of halogens is 1. The minimum absolute atomic E-state index is 0.246. The van der Waals surface area contributed by atoms with E-state index in [1.165, 1.54) is 0 Å². The van der Waals surface area contributed by atoms with Crippen LogP contribution in [0.4, 0.5) is 0 Å². The third kappa shape index (κ3) is 1.34. The topological polar surface area (TPSA) is 58.9 Å². The van der Waals surface area contributed by atoms with Gasteiger partial charge in [-0.3, -0.25) is 0 Å². The first-order valence-electron chi connectivity index (χ1n) is 3.17. The molecule has 0 saturated carbocycles. The van der Waals surface area contributed by atoms with Crippen LogP contribution in [0, 0.1) is 0 Å². The molecule has 0 atom stereocenters. The van der Waals surface area contributed by atoms with Gasteiger partial charge in [0.25, 0.3) is 0 Å². The van der Waals surface area contributed by atoms with Crippen LogP contribution in [0.3, 0.4) is 0 Å². The van der Waals surface area contributed by atoms with Crippen LogP contribution in [0.15, 0.2) is 24.3 Å². The van der Waals surface area contributed by atoms with E-state index in [-0.39, 0.29) is 11.5 Å². The fraction of sp³-hybridized carbons (Fsp3) is 0. The van der Waals surface area contributed by atoms with Gasteiger partial charge in [0.05, 0.1) is 0 Å². The molecule has 1 aliphatic heterocycles. The van der Waals surface area contributed by atoms with Gasteiger partial charge in [-0.1, -0.05) is 0 Å². The molecule has 0 bridgehead atoms. The van der Waals surface area contributed by atoms with Crippen LogP contribution in [-0.4, -0.2) is 9.79 Å². The van der Waals surface area contributed by atoms with Crippen molar-refractivity contribution in [1.29, 1.82) is 0 Å². The normalized spacial score (nSPS) is 25.8. The molecule has 12 heavy (non-hydrogen) atoms. The summed E-state index contributed by atoms with van der Waals surface area (Å²) in [5.74, 6) is 0.491. The molecule has 2 rings (SSSR count). The molecule has 1 heterocycles. The van der Waals surface area contributed by atoms with Crippen molar-refractivity contribution in [3.05, 3.63) is 24.3 Å². The van der Waals surface area contributed by atoms with Gasteiger partial charge in [0.1, 0.15) is 0 Å². The Morgan fingerprint density at radius 3 is 1.92 bits per heavy atom. The Morgan fingerprint density at radius 1 is 1.08 bits per heavy atom. The zero-order valence-electron chi connectivity index (χ0n) is 5.85. The fourth-order valence-corrected chi connectivity index (χ4v) is 2.40. The summed E-state index contributed by atoms with van der Waals surface area (Å²) in [6.45, 7) is -4.83. The quantitative estimate of drug-likeness (QED) is 0.639. The van der Waals surface area contributed by atoms with Gasteiger partial charge in [-0.2, -0.15) is 0 Å². The van der Waals surface area contributed by atoms with E-state index >= 15 is 0 Å². The van der Waals surface area contributed by atoms with Crippen molar-refractivity contribution in [2.24, 2.45) is 0 Å². The SMILES string of the molecule is OP1(O)(Cl)Oc2ccccc2O1. The summed E-state index contributed by atoms with van der Waals surface area (Å²) in [6, 6.07) is 6.44. The average molecular weight is 209 g/mol. The van der Waals surface area contributed by atoms with Crippen LogP contribution in [0.25, 0.3) is 0 Å². The predicted molar refractivity (Wildman–Crippen MR) is 44.9 cm³/mol. The third-order valence-electron chi connectivity index (χ3n) is 1.35. The zero-order chi connectivity index (χ0) is 8.84. The van der Waals surface area contributed by atoms with Gasteiger partial charge in [0, 0.05) is 0 Å². The predicted octanol–water partition coefficient (Wildman–Crippen LogP) is 1.81. The molecular weight excluding hydrogens is 202 g/mol. The monoisotopic (exact) mass is 208 g/mol. The van der Waals surface area contributed by atoms with Gasteiger partial charge in [-0.05, 0) is 0 Å². The van der Waals surface area contributed by atoms with Crippen LogP contribution in [0.1, 0.15) is 0 Å². The molecule has 0 unspecified atom stereocenters. The summed E-state index contributed by atoms with van der Waals surface area (Å²) in [5.41, 5.74) is 0. The first-order valence-corrected chi connectivity index (χ1v) is 6.05. The zero-order valence-corrected chi connectivity index (χ0v) is 7.50. The van der Waals surface area contributed by atoms with Gasteiger partial charge in [0.2, 0.25) is 0 Å². The minimum atomic E-state index is -4.83. The first-order chi connectivity index (χ1) is 5.44. The van der Waals surface area contributed by atoms with Gasteiger partial charge in [0.15, 0.2) is 0 Å². The molecule has 0 aliphatic carbocycles. The Kier molecular flexibility index (Phi) is 1.37. The molecule has 66 valence electrons.